The van der Waals surface area contributed by atoms with Crippen LogP contribution in [0.3, 0.4) is 0 Å². The zero-order valence-corrected chi connectivity index (χ0v) is 13.7. The van der Waals surface area contributed by atoms with Crippen LogP contribution in [0.2, 0.25) is 0 Å². The Bertz CT molecular complexity index is 692. The molecule has 0 amide bonds. The second-order valence-corrected chi connectivity index (χ2v) is 5.62. The van der Waals surface area contributed by atoms with E-state index in [0.717, 1.165) is 17.5 Å². The summed E-state index contributed by atoms with van der Waals surface area (Å²) in [6, 6.07) is 18.0. The molecule has 0 bridgehead atoms. The molecule has 1 unspecified atom stereocenters. The van der Waals surface area contributed by atoms with Crippen LogP contribution in [-0.2, 0) is 16.0 Å². The summed E-state index contributed by atoms with van der Waals surface area (Å²) in [7, 11) is 0. The number of carbonyl (C=O) groups excluding carboxylic acids is 1. The lowest BCUT2D eigenvalue weighted by molar-refractivity contribution is -0.142. The lowest BCUT2D eigenvalue weighted by Crippen LogP contribution is -2.22. The summed E-state index contributed by atoms with van der Waals surface area (Å²) in [4.78, 5) is 12.0. The Morgan fingerprint density at radius 2 is 1.79 bits per heavy atom. The highest BCUT2D eigenvalue weighted by atomic mass is 16.5. The number of hydrogen-bond acceptors (Lipinski definition) is 4. The van der Waals surface area contributed by atoms with Crippen LogP contribution in [0.15, 0.2) is 60.2 Å². The highest BCUT2D eigenvalue weighted by Crippen LogP contribution is 2.17. The number of esters is 1. The van der Waals surface area contributed by atoms with Crippen LogP contribution in [0.4, 0.5) is 0 Å². The molecular formula is C20H22O4. The molecule has 2 N–H and O–H groups in total. The molecule has 0 heterocycles. The maximum Gasteiger partial charge on any atom is 0.333 e. The van der Waals surface area contributed by atoms with E-state index in [1.165, 1.54) is 5.56 Å². The van der Waals surface area contributed by atoms with Crippen molar-refractivity contribution < 1.29 is 19.7 Å². The molecule has 0 spiro atoms. The highest BCUT2D eigenvalue weighted by Gasteiger charge is 2.10. The van der Waals surface area contributed by atoms with Gasteiger partial charge in [0.2, 0.25) is 0 Å². The van der Waals surface area contributed by atoms with Crippen molar-refractivity contribution >= 4 is 12.0 Å². The van der Waals surface area contributed by atoms with Gasteiger partial charge in [0.25, 0.3) is 0 Å². The van der Waals surface area contributed by atoms with E-state index in [9.17, 15) is 9.90 Å². The minimum Gasteiger partial charge on any atom is -0.459 e. The topological polar surface area (TPSA) is 66.8 Å². The molecule has 24 heavy (non-hydrogen) atoms. The average molecular weight is 326 g/mol. The number of rotatable bonds is 7. The first kappa shape index (κ1) is 17.9. The van der Waals surface area contributed by atoms with E-state index < -0.39 is 18.7 Å². The van der Waals surface area contributed by atoms with Gasteiger partial charge in [0, 0.05) is 5.57 Å². The number of aliphatic hydroxyl groups excluding tert-OH is 2. The Morgan fingerprint density at radius 3 is 2.50 bits per heavy atom. The monoisotopic (exact) mass is 326 g/mol. The quantitative estimate of drug-likeness (QED) is 0.606. The SMILES string of the molecule is CC(=Cc1ccccc1Cc1ccccc1)C(=O)OCC(O)CO. The molecule has 0 fully saturated rings. The normalized spacial score (nSPS) is 12.7. The number of benzene rings is 2. The largest absolute Gasteiger partial charge is 0.459 e. The fourth-order valence-corrected chi connectivity index (χ4v) is 2.28. The third-order valence-electron chi connectivity index (χ3n) is 3.60. The smallest absolute Gasteiger partial charge is 0.333 e. The maximum atomic E-state index is 12.0. The van der Waals surface area contributed by atoms with Gasteiger partial charge >= 0.3 is 5.97 Å². The van der Waals surface area contributed by atoms with Crippen LogP contribution in [0.25, 0.3) is 6.08 Å². The van der Waals surface area contributed by atoms with Crippen LogP contribution in [0, 0.1) is 0 Å². The summed E-state index contributed by atoms with van der Waals surface area (Å²) in [5.74, 6) is -0.503. The standard InChI is InChI=1S/C20H22O4/c1-15(20(23)24-14-19(22)13-21)11-17-9-5-6-10-18(17)12-16-7-3-2-4-8-16/h2-11,19,21-22H,12-14H2,1H3. The van der Waals surface area contributed by atoms with Gasteiger partial charge in [0.05, 0.1) is 6.61 Å². The van der Waals surface area contributed by atoms with E-state index in [-0.39, 0.29) is 6.61 Å². The molecule has 0 aromatic heterocycles. The summed E-state index contributed by atoms with van der Waals surface area (Å²) >= 11 is 0. The van der Waals surface area contributed by atoms with Crippen molar-refractivity contribution in [1.29, 1.82) is 0 Å². The van der Waals surface area contributed by atoms with Crippen molar-refractivity contribution in [3.05, 3.63) is 76.9 Å². The molecule has 0 radical (unpaired) electrons. The van der Waals surface area contributed by atoms with Gasteiger partial charge in [-0.2, -0.15) is 0 Å². The molecule has 4 heteroatoms. The molecule has 0 aliphatic carbocycles. The first-order valence-corrected chi connectivity index (χ1v) is 7.86. The van der Waals surface area contributed by atoms with Gasteiger partial charge in [-0.15, -0.1) is 0 Å². The molecule has 2 rings (SSSR count). The molecule has 126 valence electrons. The van der Waals surface area contributed by atoms with Crippen molar-refractivity contribution in [3.8, 4) is 0 Å². The molecule has 4 nitrogen and oxygen atoms in total. The van der Waals surface area contributed by atoms with Gasteiger partial charge < -0.3 is 14.9 Å². The lowest BCUT2D eigenvalue weighted by atomic mass is 9.98. The molecular weight excluding hydrogens is 304 g/mol. The number of hydrogen-bond donors (Lipinski definition) is 2. The Kier molecular flexibility index (Phi) is 6.73. The Labute approximate surface area is 142 Å². The van der Waals surface area contributed by atoms with E-state index in [2.05, 4.69) is 12.1 Å². The van der Waals surface area contributed by atoms with Crippen molar-refractivity contribution in [3.63, 3.8) is 0 Å². The predicted molar refractivity (Wildman–Crippen MR) is 93.4 cm³/mol. The van der Waals surface area contributed by atoms with Crippen LogP contribution in [-0.4, -0.2) is 35.5 Å². The zero-order chi connectivity index (χ0) is 17.4. The molecule has 0 aliphatic heterocycles. The van der Waals surface area contributed by atoms with Crippen LogP contribution < -0.4 is 0 Å². The van der Waals surface area contributed by atoms with E-state index in [4.69, 9.17) is 9.84 Å². The summed E-state index contributed by atoms with van der Waals surface area (Å²) < 4.78 is 4.97. The van der Waals surface area contributed by atoms with Gasteiger partial charge in [-0.1, -0.05) is 54.6 Å². The molecule has 2 aromatic carbocycles. The van der Waals surface area contributed by atoms with E-state index in [1.54, 1.807) is 13.0 Å². The summed E-state index contributed by atoms with van der Waals surface area (Å²) in [5.41, 5.74) is 3.72. The van der Waals surface area contributed by atoms with Crippen LogP contribution in [0.1, 0.15) is 23.6 Å². The van der Waals surface area contributed by atoms with Gasteiger partial charge in [0.15, 0.2) is 0 Å². The lowest BCUT2D eigenvalue weighted by Gasteiger charge is -2.10. The summed E-state index contributed by atoms with van der Waals surface area (Å²) in [6.45, 7) is 1.02. The number of aliphatic hydroxyl groups is 2. The van der Waals surface area contributed by atoms with Crippen molar-refractivity contribution in [2.45, 2.75) is 19.4 Å². The van der Waals surface area contributed by atoms with Gasteiger partial charge in [-0.05, 0) is 36.1 Å². The van der Waals surface area contributed by atoms with E-state index in [1.807, 2.05) is 42.5 Å². The minimum atomic E-state index is -1.05. The predicted octanol–water partition coefficient (Wildman–Crippen LogP) is 2.58. The summed E-state index contributed by atoms with van der Waals surface area (Å²) in [6.07, 6.45) is 1.51. The first-order chi connectivity index (χ1) is 11.6. The summed E-state index contributed by atoms with van der Waals surface area (Å²) in [5, 5.41) is 18.0. The minimum absolute atomic E-state index is 0.216. The molecule has 0 aliphatic rings. The number of ether oxygens (including phenoxy) is 1. The molecule has 2 aromatic rings. The van der Waals surface area contributed by atoms with Gasteiger partial charge in [0.1, 0.15) is 12.7 Å². The van der Waals surface area contributed by atoms with Gasteiger partial charge in [-0.3, -0.25) is 0 Å². The fraction of sp³-hybridized carbons (Fsp3) is 0.250. The Morgan fingerprint density at radius 1 is 1.12 bits per heavy atom. The first-order valence-electron chi connectivity index (χ1n) is 7.86. The Hall–Kier alpha value is -2.43. The third-order valence-corrected chi connectivity index (χ3v) is 3.60. The highest BCUT2D eigenvalue weighted by molar-refractivity contribution is 5.93. The fourth-order valence-electron chi connectivity index (χ4n) is 2.28. The zero-order valence-electron chi connectivity index (χ0n) is 13.7. The molecule has 1 atom stereocenters. The second kappa shape index (κ2) is 9.01. The average Bonchev–Trinajstić information content (AvgIpc) is 2.61. The number of carbonyl (C=O) groups is 1. The Balaban J connectivity index is 2.12. The van der Waals surface area contributed by atoms with Crippen LogP contribution in [0.5, 0.6) is 0 Å². The molecule has 0 saturated carbocycles. The van der Waals surface area contributed by atoms with E-state index in [0.29, 0.717) is 5.57 Å². The van der Waals surface area contributed by atoms with Crippen molar-refractivity contribution in [2.24, 2.45) is 0 Å². The van der Waals surface area contributed by atoms with Gasteiger partial charge in [-0.25, -0.2) is 4.79 Å². The second-order valence-electron chi connectivity index (χ2n) is 5.62. The van der Waals surface area contributed by atoms with Crippen LogP contribution >= 0.6 is 0 Å². The van der Waals surface area contributed by atoms with Crippen molar-refractivity contribution in [1.82, 2.24) is 0 Å². The van der Waals surface area contributed by atoms with E-state index >= 15 is 0 Å². The third kappa shape index (κ3) is 5.33. The molecule has 0 saturated heterocycles. The van der Waals surface area contributed by atoms with Crippen molar-refractivity contribution in [2.75, 3.05) is 13.2 Å². The maximum absolute atomic E-state index is 12.0.